The van der Waals surface area contributed by atoms with Crippen molar-refractivity contribution < 1.29 is 8.42 Å². The van der Waals surface area contributed by atoms with Gasteiger partial charge >= 0.3 is 0 Å². The third kappa shape index (κ3) is 4.10. The van der Waals surface area contributed by atoms with E-state index in [1.165, 1.54) is 10.6 Å². The van der Waals surface area contributed by atoms with Crippen molar-refractivity contribution in [3.8, 4) is 0 Å². The minimum Gasteiger partial charge on any atom is -0.324 e. The van der Waals surface area contributed by atoms with E-state index >= 15 is 0 Å². The average Bonchev–Trinajstić information content (AvgIpc) is 2.85. The third-order valence-electron chi connectivity index (χ3n) is 3.97. The fourth-order valence-electron chi connectivity index (χ4n) is 2.61. The van der Waals surface area contributed by atoms with E-state index in [-0.39, 0.29) is 6.04 Å². The zero-order chi connectivity index (χ0) is 17.2. The number of imidazole rings is 1. The molecular weight excluding hydrogens is 312 g/mol. The summed E-state index contributed by atoms with van der Waals surface area (Å²) in [7, 11) is -1.55. The number of hydrogen-bond donors (Lipinski definition) is 1. The summed E-state index contributed by atoms with van der Waals surface area (Å²) in [5.74, 6) is 0.975. The van der Waals surface area contributed by atoms with Crippen LogP contribution in [0, 0.1) is 0 Å². The summed E-state index contributed by atoms with van der Waals surface area (Å²) in [6.07, 6.45) is 1.22. The number of benzene rings is 1. The highest BCUT2D eigenvalue weighted by Crippen LogP contribution is 2.24. The van der Waals surface area contributed by atoms with Crippen LogP contribution in [0.2, 0.25) is 0 Å². The number of nitrogens with one attached hydrogen (secondary N) is 1. The maximum Gasteiger partial charge on any atom is 0.210 e. The summed E-state index contributed by atoms with van der Waals surface area (Å²) in [4.78, 5) is 4.75. The average molecular weight is 338 g/mol. The molecule has 1 N–H and O–H groups in total. The first kappa shape index (κ1) is 17.9. The van der Waals surface area contributed by atoms with Crippen molar-refractivity contribution in [2.24, 2.45) is 0 Å². The summed E-state index contributed by atoms with van der Waals surface area (Å²) >= 11 is 0. The molecule has 6 nitrogen and oxygen atoms in total. The van der Waals surface area contributed by atoms with Gasteiger partial charge in [-0.05, 0) is 32.9 Å². The quantitative estimate of drug-likeness (QED) is 0.840. The van der Waals surface area contributed by atoms with Crippen LogP contribution < -0.4 is 5.32 Å². The van der Waals surface area contributed by atoms with Gasteiger partial charge < -0.3 is 9.88 Å². The summed E-state index contributed by atoms with van der Waals surface area (Å²) < 4.78 is 26.4. The number of aromatic nitrogens is 2. The van der Waals surface area contributed by atoms with E-state index in [4.69, 9.17) is 4.98 Å². The van der Waals surface area contributed by atoms with E-state index in [0.29, 0.717) is 19.1 Å². The predicted octanol–water partition coefficient (Wildman–Crippen LogP) is 2.16. The number of nitrogens with zero attached hydrogens (tertiary/aromatic N) is 3. The van der Waals surface area contributed by atoms with Gasteiger partial charge in [0.05, 0.1) is 23.3 Å². The van der Waals surface area contributed by atoms with Crippen molar-refractivity contribution in [3.63, 3.8) is 0 Å². The lowest BCUT2D eigenvalue weighted by molar-refractivity contribution is 0.434. The Morgan fingerprint density at radius 3 is 2.52 bits per heavy atom. The van der Waals surface area contributed by atoms with Gasteiger partial charge in [-0.3, -0.25) is 0 Å². The van der Waals surface area contributed by atoms with Crippen LogP contribution in [0.5, 0.6) is 0 Å². The highest BCUT2D eigenvalue weighted by Gasteiger charge is 2.18. The second-order valence-corrected chi connectivity index (χ2v) is 8.27. The maximum absolute atomic E-state index is 11.4. The monoisotopic (exact) mass is 338 g/mol. The zero-order valence-electron chi connectivity index (χ0n) is 14.4. The number of rotatable bonds is 7. The molecule has 2 rings (SSSR count). The molecule has 7 heteroatoms. The molecule has 2 aromatic rings. The molecule has 0 aliphatic rings. The molecule has 0 amide bonds. The Labute approximate surface area is 138 Å². The molecule has 1 aromatic heterocycles. The molecule has 0 saturated heterocycles. The molecule has 0 fully saturated rings. The molecule has 0 aliphatic heterocycles. The topological polar surface area (TPSA) is 67.2 Å². The number of likely N-dealkylation sites (N-methyl/N-ethyl adjacent to an activating group) is 1. The number of fused-ring (bicyclic) bond motifs is 1. The van der Waals surface area contributed by atoms with E-state index in [1.54, 1.807) is 7.05 Å². The van der Waals surface area contributed by atoms with Crippen LogP contribution in [0.3, 0.4) is 0 Å². The Morgan fingerprint density at radius 2 is 1.91 bits per heavy atom. The second kappa shape index (κ2) is 6.98. The van der Waals surface area contributed by atoms with E-state index in [9.17, 15) is 8.42 Å². The van der Waals surface area contributed by atoms with E-state index < -0.39 is 10.0 Å². The highest BCUT2D eigenvalue weighted by atomic mass is 32.2. The minimum atomic E-state index is -3.14. The number of hydrogen-bond acceptors (Lipinski definition) is 4. The van der Waals surface area contributed by atoms with Crippen LogP contribution in [0.4, 0.5) is 0 Å². The standard InChI is InChI=1S/C16H26N4O2S/c1-12(2)20-15-9-7-6-8-14(15)18-16(20)13(3)17-10-11-19(4)23(5,21)22/h6-9,12-13,17H,10-11H2,1-5H3/t13-/m0/s1. The molecule has 1 heterocycles. The Hall–Kier alpha value is -1.44. The van der Waals surface area contributed by atoms with Crippen molar-refractivity contribution >= 4 is 21.1 Å². The summed E-state index contributed by atoms with van der Waals surface area (Å²) in [6, 6.07) is 8.45. The Morgan fingerprint density at radius 1 is 1.26 bits per heavy atom. The van der Waals surface area contributed by atoms with Gasteiger partial charge in [0.15, 0.2) is 0 Å². The molecule has 0 unspecified atom stereocenters. The summed E-state index contributed by atoms with van der Waals surface area (Å²) in [6.45, 7) is 7.35. The van der Waals surface area contributed by atoms with Crippen LogP contribution in [-0.4, -0.2) is 48.7 Å². The second-order valence-electron chi connectivity index (χ2n) is 6.18. The Kier molecular flexibility index (Phi) is 5.44. The molecule has 0 radical (unpaired) electrons. The largest absolute Gasteiger partial charge is 0.324 e. The highest BCUT2D eigenvalue weighted by molar-refractivity contribution is 7.88. The molecule has 1 aromatic carbocycles. The molecular formula is C16H26N4O2S. The van der Waals surface area contributed by atoms with Gasteiger partial charge in [-0.2, -0.15) is 0 Å². The van der Waals surface area contributed by atoms with E-state index in [1.807, 2.05) is 18.2 Å². The molecule has 1 atom stereocenters. The van der Waals surface area contributed by atoms with Gasteiger partial charge in [-0.1, -0.05) is 12.1 Å². The zero-order valence-corrected chi connectivity index (χ0v) is 15.3. The molecule has 0 spiro atoms. The van der Waals surface area contributed by atoms with Crippen LogP contribution in [0.15, 0.2) is 24.3 Å². The summed E-state index contributed by atoms with van der Waals surface area (Å²) in [5.41, 5.74) is 2.11. The Bertz CT molecular complexity index is 767. The first-order valence-electron chi connectivity index (χ1n) is 7.83. The lowest BCUT2D eigenvalue weighted by Gasteiger charge is -2.20. The maximum atomic E-state index is 11.4. The van der Waals surface area contributed by atoms with E-state index in [0.717, 1.165) is 16.9 Å². The van der Waals surface area contributed by atoms with Crippen molar-refractivity contribution in [2.75, 3.05) is 26.4 Å². The summed E-state index contributed by atoms with van der Waals surface area (Å²) in [5, 5.41) is 3.37. The molecule has 0 bridgehead atoms. The lowest BCUT2D eigenvalue weighted by atomic mass is 10.2. The lowest BCUT2D eigenvalue weighted by Crippen LogP contribution is -2.34. The third-order valence-corrected chi connectivity index (χ3v) is 5.29. The fourth-order valence-corrected chi connectivity index (χ4v) is 3.03. The van der Waals surface area contributed by atoms with Crippen molar-refractivity contribution in [2.45, 2.75) is 32.9 Å². The number of sulfonamides is 1. The van der Waals surface area contributed by atoms with Gasteiger partial charge in [-0.25, -0.2) is 17.7 Å². The molecule has 23 heavy (non-hydrogen) atoms. The first-order valence-corrected chi connectivity index (χ1v) is 9.68. The van der Waals surface area contributed by atoms with Crippen LogP contribution >= 0.6 is 0 Å². The predicted molar refractivity (Wildman–Crippen MR) is 94.0 cm³/mol. The van der Waals surface area contributed by atoms with Gasteiger partial charge in [0.25, 0.3) is 0 Å². The van der Waals surface area contributed by atoms with Crippen LogP contribution in [0.1, 0.15) is 38.7 Å². The fraction of sp³-hybridized carbons (Fsp3) is 0.562. The van der Waals surface area contributed by atoms with Crippen molar-refractivity contribution in [1.29, 1.82) is 0 Å². The van der Waals surface area contributed by atoms with E-state index in [2.05, 4.69) is 36.7 Å². The number of para-hydroxylation sites is 2. The van der Waals surface area contributed by atoms with Crippen LogP contribution in [0.25, 0.3) is 11.0 Å². The van der Waals surface area contributed by atoms with Gasteiger partial charge in [0, 0.05) is 26.2 Å². The SMILES string of the molecule is CC(C)n1c([C@H](C)NCCN(C)S(C)(=O)=O)nc2ccccc21. The Balaban J connectivity index is 2.15. The van der Waals surface area contributed by atoms with Gasteiger partial charge in [-0.15, -0.1) is 0 Å². The minimum absolute atomic E-state index is 0.0396. The first-order chi connectivity index (χ1) is 10.7. The van der Waals surface area contributed by atoms with Gasteiger partial charge in [0.1, 0.15) is 5.82 Å². The smallest absolute Gasteiger partial charge is 0.210 e. The molecule has 0 saturated carbocycles. The normalized spacial score (nSPS) is 14.0. The van der Waals surface area contributed by atoms with Crippen molar-refractivity contribution in [3.05, 3.63) is 30.1 Å². The van der Waals surface area contributed by atoms with Gasteiger partial charge in [0.2, 0.25) is 10.0 Å². The molecule has 0 aliphatic carbocycles. The molecule has 128 valence electrons. The van der Waals surface area contributed by atoms with Crippen LogP contribution in [-0.2, 0) is 10.0 Å². The van der Waals surface area contributed by atoms with Crippen molar-refractivity contribution in [1.82, 2.24) is 19.2 Å².